The third-order valence-electron chi connectivity index (χ3n) is 2.00. The lowest BCUT2D eigenvalue weighted by molar-refractivity contribution is -0.120. The zero-order valence-corrected chi connectivity index (χ0v) is 9.86. The summed E-state index contributed by atoms with van der Waals surface area (Å²) in [6.07, 6.45) is 3.32. The first-order valence-corrected chi connectivity index (χ1v) is 5.05. The number of hydrogen-bond acceptors (Lipinski definition) is 4. The van der Waals surface area contributed by atoms with Gasteiger partial charge in [-0.25, -0.2) is 0 Å². The number of carbonyl (C=O) groups is 1. The minimum Gasteiger partial charge on any atom is -0.383 e. The van der Waals surface area contributed by atoms with Crippen LogP contribution in [0.15, 0.2) is 12.4 Å². The van der Waals surface area contributed by atoms with Crippen LogP contribution in [-0.2, 0) is 16.1 Å². The Morgan fingerprint density at radius 2 is 2.38 bits per heavy atom. The van der Waals surface area contributed by atoms with E-state index in [0.29, 0.717) is 18.8 Å². The molecule has 1 rings (SSSR count). The first kappa shape index (κ1) is 12.7. The predicted octanol–water partition coefficient (Wildman–Crippen LogP) is 0.205. The molecule has 0 fully saturated rings. The Morgan fingerprint density at radius 1 is 1.69 bits per heavy atom. The molecule has 1 amide bonds. The average molecular weight is 226 g/mol. The molecular formula is C10H18N4O2. The largest absolute Gasteiger partial charge is 0.383 e. The second-order valence-corrected chi connectivity index (χ2v) is 4.16. The molecular weight excluding hydrogens is 208 g/mol. The van der Waals surface area contributed by atoms with E-state index in [1.54, 1.807) is 38.0 Å². The molecule has 0 radical (unpaired) electrons. The van der Waals surface area contributed by atoms with E-state index >= 15 is 0 Å². The number of carbonyl (C=O) groups excluding carboxylic acids is 1. The highest BCUT2D eigenvalue weighted by Crippen LogP contribution is 2.08. The van der Waals surface area contributed by atoms with Crippen molar-refractivity contribution in [3.63, 3.8) is 0 Å². The molecule has 0 saturated heterocycles. The zero-order valence-electron chi connectivity index (χ0n) is 9.86. The lowest BCUT2D eigenvalue weighted by Crippen LogP contribution is -2.45. The highest BCUT2D eigenvalue weighted by Gasteiger charge is 2.22. The Labute approximate surface area is 94.8 Å². The first-order chi connectivity index (χ1) is 7.43. The van der Waals surface area contributed by atoms with E-state index in [4.69, 9.17) is 10.5 Å². The van der Waals surface area contributed by atoms with Gasteiger partial charge in [-0.2, -0.15) is 5.10 Å². The summed E-state index contributed by atoms with van der Waals surface area (Å²) in [6, 6.07) is 0. The fourth-order valence-corrected chi connectivity index (χ4v) is 1.03. The third-order valence-corrected chi connectivity index (χ3v) is 2.00. The molecule has 0 bridgehead atoms. The summed E-state index contributed by atoms with van der Waals surface area (Å²) in [7, 11) is 1.63. The van der Waals surface area contributed by atoms with E-state index in [0.717, 1.165) is 0 Å². The lowest BCUT2D eigenvalue weighted by atomic mass is 10.1. The number of nitrogens with one attached hydrogen (secondary N) is 1. The van der Waals surface area contributed by atoms with Gasteiger partial charge in [0.15, 0.2) is 0 Å². The molecule has 6 heteroatoms. The van der Waals surface area contributed by atoms with Crippen molar-refractivity contribution in [2.75, 3.05) is 19.0 Å². The van der Waals surface area contributed by atoms with E-state index in [-0.39, 0.29) is 5.91 Å². The van der Waals surface area contributed by atoms with Crippen molar-refractivity contribution in [2.45, 2.75) is 25.9 Å². The minimum absolute atomic E-state index is 0.237. The fourth-order valence-electron chi connectivity index (χ4n) is 1.03. The van der Waals surface area contributed by atoms with Gasteiger partial charge >= 0.3 is 0 Å². The molecule has 0 aromatic carbocycles. The summed E-state index contributed by atoms with van der Waals surface area (Å²) < 4.78 is 6.62. The van der Waals surface area contributed by atoms with Crippen LogP contribution in [0, 0.1) is 0 Å². The summed E-state index contributed by atoms with van der Waals surface area (Å²) >= 11 is 0. The molecule has 1 aromatic heterocycles. The summed E-state index contributed by atoms with van der Waals surface area (Å²) in [5.41, 5.74) is 5.40. The zero-order chi connectivity index (χ0) is 12.2. The normalized spacial score (nSPS) is 11.5. The molecule has 0 saturated carbocycles. The van der Waals surface area contributed by atoms with Gasteiger partial charge < -0.3 is 15.8 Å². The van der Waals surface area contributed by atoms with Gasteiger partial charge in [0.1, 0.15) is 0 Å². The Kier molecular flexibility index (Phi) is 4.03. The maximum Gasteiger partial charge on any atom is 0.243 e. The van der Waals surface area contributed by atoms with Gasteiger partial charge in [0, 0.05) is 13.3 Å². The second-order valence-electron chi connectivity index (χ2n) is 4.16. The predicted molar refractivity (Wildman–Crippen MR) is 61.0 cm³/mol. The molecule has 1 heterocycles. The van der Waals surface area contributed by atoms with Gasteiger partial charge in [-0.1, -0.05) is 0 Å². The summed E-state index contributed by atoms with van der Waals surface area (Å²) in [6.45, 7) is 4.53. The van der Waals surface area contributed by atoms with Crippen LogP contribution in [-0.4, -0.2) is 34.9 Å². The van der Waals surface area contributed by atoms with E-state index in [9.17, 15) is 4.79 Å². The average Bonchev–Trinajstić information content (AvgIpc) is 2.61. The maximum atomic E-state index is 11.6. The van der Waals surface area contributed by atoms with Crippen molar-refractivity contribution in [3.05, 3.63) is 12.4 Å². The van der Waals surface area contributed by atoms with Crippen molar-refractivity contribution < 1.29 is 9.53 Å². The minimum atomic E-state index is -0.894. The number of hydrogen-bond donors (Lipinski definition) is 2. The van der Waals surface area contributed by atoms with Crippen molar-refractivity contribution in [1.29, 1.82) is 0 Å². The van der Waals surface area contributed by atoms with Crippen LogP contribution < -0.4 is 11.1 Å². The third kappa shape index (κ3) is 3.63. The molecule has 0 spiro atoms. The van der Waals surface area contributed by atoms with E-state index in [1.165, 1.54) is 0 Å². The molecule has 16 heavy (non-hydrogen) atoms. The van der Waals surface area contributed by atoms with E-state index in [2.05, 4.69) is 10.4 Å². The van der Waals surface area contributed by atoms with Crippen LogP contribution in [0.2, 0.25) is 0 Å². The molecule has 0 unspecified atom stereocenters. The molecule has 0 aliphatic carbocycles. The number of nitrogens with two attached hydrogens (primary N) is 1. The molecule has 90 valence electrons. The summed E-state index contributed by atoms with van der Waals surface area (Å²) in [4.78, 5) is 11.6. The lowest BCUT2D eigenvalue weighted by Gasteiger charge is -2.16. The van der Waals surface area contributed by atoms with Crippen molar-refractivity contribution in [2.24, 2.45) is 5.73 Å². The Morgan fingerprint density at radius 3 is 2.94 bits per heavy atom. The van der Waals surface area contributed by atoms with Crippen LogP contribution in [0.4, 0.5) is 5.69 Å². The topological polar surface area (TPSA) is 82.2 Å². The quantitative estimate of drug-likeness (QED) is 0.751. The molecule has 0 aliphatic heterocycles. The summed E-state index contributed by atoms with van der Waals surface area (Å²) in [5, 5.41) is 6.76. The fraction of sp³-hybridized carbons (Fsp3) is 0.600. The number of methoxy groups -OCH3 is 1. The molecule has 0 aliphatic rings. The van der Waals surface area contributed by atoms with Gasteiger partial charge in [-0.15, -0.1) is 0 Å². The Bertz CT molecular complexity index is 354. The Balaban J connectivity index is 2.55. The Hall–Kier alpha value is -1.40. The van der Waals surface area contributed by atoms with Gasteiger partial charge in [0.25, 0.3) is 0 Å². The molecule has 3 N–H and O–H groups in total. The van der Waals surface area contributed by atoms with Crippen molar-refractivity contribution in [1.82, 2.24) is 9.78 Å². The van der Waals surface area contributed by atoms with Gasteiger partial charge in [-0.05, 0) is 13.8 Å². The van der Waals surface area contributed by atoms with Crippen LogP contribution in [0.1, 0.15) is 13.8 Å². The standard InChI is InChI=1S/C10H18N4O2/c1-10(2,11)9(15)13-8-6-12-14(7-8)4-5-16-3/h6-7H,4-5,11H2,1-3H3,(H,13,15). The van der Waals surface area contributed by atoms with Crippen LogP contribution in [0.3, 0.4) is 0 Å². The number of amides is 1. The van der Waals surface area contributed by atoms with Crippen molar-refractivity contribution in [3.8, 4) is 0 Å². The monoisotopic (exact) mass is 226 g/mol. The van der Waals surface area contributed by atoms with Crippen molar-refractivity contribution >= 4 is 11.6 Å². The maximum absolute atomic E-state index is 11.6. The SMILES string of the molecule is COCCn1cc(NC(=O)C(C)(C)N)cn1. The van der Waals surface area contributed by atoms with Gasteiger partial charge in [-0.3, -0.25) is 9.48 Å². The number of aromatic nitrogens is 2. The number of rotatable bonds is 5. The van der Waals surface area contributed by atoms with E-state index < -0.39 is 5.54 Å². The highest BCUT2D eigenvalue weighted by molar-refractivity contribution is 5.97. The van der Waals surface area contributed by atoms with Crippen LogP contribution in [0.5, 0.6) is 0 Å². The highest BCUT2D eigenvalue weighted by atomic mass is 16.5. The molecule has 0 atom stereocenters. The van der Waals surface area contributed by atoms with Crippen LogP contribution >= 0.6 is 0 Å². The second kappa shape index (κ2) is 5.09. The first-order valence-electron chi connectivity index (χ1n) is 5.05. The number of ether oxygens (including phenoxy) is 1. The van der Waals surface area contributed by atoms with Gasteiger partial charge in [0.05, 0.1) is 30.6 Å². The number of anilines is 1. The summed E-state index contributed by atoms with van der Waals surface area (Å²) in [5.74, 6) is -0.237. The molecule has 6 nitrogen and oxygen atoms in total. The van der Waals surface area contributed by atoms with E-state index in [1.807, 2.05) is 0 Å². The molecule has 1 aromatic rings. The number of nitrogens with zero attached hydrogens (tertiary/aromatic N) is 2. The van der Waals surface area contributed by atoms with Gasteiger partial charge in [0.2, 0.25) is 5.91 Å². The smallest absolute Gasteiger partial charge is 0.243 e. The van der Waals surface area contributed by atoms with Crippen LogP contribution in [0.25, 0.3) is 0 Å².